The van der Waals surface area contributed by atoms with Crippen molar-refractivity contribution in [1.29, 1.82) is 0 Å². The summed E-state index contributed by atoms with van der Waals surface area (Å²) in [6.07, 6.45) is 0.261. The molecule has 0 bridgehead atoms. The highest BCUT2D eigenvalue weighted by molar-refractivity contribution is 4.85. The summed E-state index contributed by atoms with van der Waals surface area (Å²) in [7, 11) is 0. The van der Waals surface area contributed by atoms with Crippen LogP contribution in [0.5, 0.6) is 0 Å². The molecule has 0 aliphatic carbocycles. The quantitative estimate of drug-likeness (QED) is 0.752. The first kappa shape index (κ1) is 14.9. The van der Waals surface area contributed by atoms with Gasteiger partial charge in [-0.1, -0.05) is 13.8 Å². The predicted molar refractivity (Wildman–Crippen MR) is 70.2 cm³/mol. The molecule has 0 aromatic rings. The van der Waals surface area contributed by atoms with E-state index in [-0.39, 0.29) is 24.4 Å². The van der Waals surface area contributed by atoms with Crippen LogP contribution in [0.3, 0.4) is 0 Å². The van der Waals surface area contributed by atoms with E-state index >= 15 is 0 Å². The maximum absolute atomic E-state index is 9.38. The highest BCUT2D eigenvalue weighted by Gasteiger charge is 2.32. The minimum absolute atomic E-state index is 0.0878. The zero-order chi connectivity index (χ0) is 13.1. The Balaban J connectivity index is 2.48. The molecule has 0 radical (unpaired) electrons. The smallest absolute Gasteiger partial charge is 0.0757 e. The van der Waals surface area contributed by atoms with Crippen molar-refractivity contribution in [3.63, 3.8) is 0 Å². The lowest BCUT2D eigenvalue weighted by atomic mass is 10.0. The molecule has 1 heterocycles. The molecule has 17 heavy (non-hydrogen) atoms. The zero-order valence-corrected chi connectivity index (χ0v) is 11.9. The van der Waals surface area contributed by atoms with Crippen molar-refractivity contribution in [2.24, 2.45) is 0 Å². The van der Waals surface area contributed by atoms with E-state index in [1.54, 1.807) is 0 Å². The molecule has 102 valence electrons. The van der Waals surface area contributed by atoms with E-state index in [4.69, 9.17) is 4.74 Å². The minimum Gasteiger partial charge on any atom is -0.395 e. The molecule has 0 spiro atoms. The van der Waals surface area contributed by atoms with Crippen molar-refractivity contribution in [2.45, 2.75) is 58.4 Å². The molecule has 2 unspecified atom stereocenters. The number of morpholine rings is 1. The third-order valence-corrected chi connectivity index (χ3v) is 2.91. The van der Waals surface area contributed by atoms with Crippen LogP contribution in [0.4, 0.5) is 0 Å². The summed E-state index contributed by atoms with van der Waals surface area (Å²) in [6.45, 7) is 13.5. The Labute approximate surface area is 105 Å². The molecule has 0 amide bonds. The lowest BCUT2D eigenvalue weighted by Crippen LogP contribution is -2.56. The molecule has 4 nitrogen and oxygen atoms in total. The molecule has 1 fully saturated rings. The number of nitrogens with zero attached hydrogens (tertiary/aromatic N) is 1. The van der Waals surface area contributed by atoms with Crippen LogP contribution in [0.2, 0.25) is 0 Å². The summed E-state index contributed by atoms with van der Waals surface area (Å²) in [5.41, 5.74) is -0.0878. The maximum Gasteiger partial charge on any atom is 0.0757 e. The van der Waals surface area contributed by atoms with Gasteiger partial charge in [0.1, 0.15) is 0 Å². The van der Waals surface area contributed by atoms with Crippen LogP contribution in [-0.4, -0.2) is 60.0 Å². The van der Waals surface area contributed by atoms with Crippen LogP contribution in [0, 0.1) is 0 Å². The lowest BCUT2D eigenvalue weighted by molar-refractivity contribution is -0.130. The van der Waals surface area contributed by atoms with Crippen LogP contribution in [0.25, 0.3) is 0 Å². The van der Waals surface area contributed by atoms with E-state index in [1.807, 2.05) is 0 Å². The summed E-state index contributed by atoms with van der Waals surface area (Å²) in [5, 5.41) is 12.8. The number of hydrogen-bond donors (Lipinski definition) is 2. The highest BCUT2D eigenvalue weighted by atomic mass is 16.5. The molecule has 1 rings (SSSR count). The van der Waals surface area contributed by atoms with Gasteiger partial charge in [0, 0.05) is 31.7 Å². The van der Waals surface area contributed by atoms with Crippen molar-refractivity contribution >= 4 is 0 Å². The monoisotopic (exact) mass is 244 g/mol. The molecular formula is C13H28N2O2. The van der Waals surface area contributed by atoms with Crippen LogP contribution in [0.15, 0.2) is 0 Å². The Kier molecular flexibility index (Phi) is 5.38. The molecule has 0 aromatic heterocycles. The van der Waals surface area contributed by atoms with E-state index in [0.717, 1.165) is 19.6 Å². The second kappa shape index (κ2) is 6.14. The number of nitrogens with one attached hydrogen (secondary N) is 1. The number of aliphatic hydroxyl groups is 1. The molecule has 4 heteroatoms. The Morgan fingerprint density at radius 3 is 2.59 bits per heavy atom. The SMILES string of the molecule is CC(C)NC(CO)CN1CC(C)OC(C)(C)C1. The van der Waals surface area contributed by atoms with Gasteiger partial charge >= 0.3 is 0 Å². The maximum atomic E-state index is 9.38. The fraction of sp³-hybridized carbons (Fsp3) is 1.00. The van der Waals surface area contributed by atoms with Gasteiger partial charge in [-0.15, -0.1) is 0 Å². The molecular weight excluding hydrogens is 216 g/mol. The van der Waals surface area contributed by atoms with Crippen molar-refractivity contribution in [2.75, 3.05) is 26.2 Å². The minimum atomic E-state index is -0.0878. The second-order valence-corrected chi connectivity index (χ2v) is 6.08. The van der Waals surface area contributed by atoms with Crippen molar-refractivity contribution < 1.29 is 9.84 Å². The number of rotatable bonds is 5. The zero-order valence-electron chi connectivity index (χ0n) is 11.9. The molecule has 1 aliphatic rings. The van der Waals surface area contributed by atoms with Crippen molar-refractivity contribution in [3.8, 4) is 0 Å². The van der Waals surface area contributed by atoms with Gasteiger partial charge < -0.3 is 15.2 Å². The summed E-state index contributed by atoms with van der Waals surface area (Å²) < 4.78 is 5.88. The first-order chi connectivity index (χ1) is 7.82. The van der Waals surface area contributed by atoms with E-state index in [9.17, 15) is 5.11 Å². The summed E-state index contributed by atoms with van der Waals surface area (Å²) >= 11 is 0. The Morgan fingerprint density at radius 2 is 2.12 bits per heavy atom. The molecule has 2 atom stereocenters. The number of hydrogen-bond acceptors (Lipinski definition) is 4. The average molecular weight is 244 g/mol. The van der Waals surface area contributed by atoms with Crippen molar-refractivity contribution in [3.05, 3.63) is 0 Å². The van der Waals surface area contributed by atoms with Gasteiger partial charge in [0.15, 0.2) is 0 Å². The first-order valence-electron chi connectivity index (χ1n) is 6.59. The summed E-state index contributed by atoms with van der Waals surface area (Å²) in [5.74, 6) is 0. The largest absolute Gasteiger partial charge is 0.395 e. The second-order valence-electron chi connectivity index (χ2n) is 6.08. The Morgan fingerprint density at radius 1 is 1.47 bits per heavy atom. The van der Waals surface area contributed by atoms with Gasteiger partial charge in [0.25, 0.3) is 0 Å². The van der Waals surface area contributed by atoms with E-state index in [2.05, 4.69) is 44.8 Å². The summed E-state index contributed by atoms with van der Waals surface area (Å²) in [6, 6.07) is 0.551. The normalized spacial score (nSPS) is 27.4. The Hall–Kier alpha value is -0.160. The fourth-order valence-electron chi connectivity index (χ4n) is 2.67. The molecule has 1 aliphatic heterocycles. The molecule has 2 N–H and O–H groups in total. The summed E-state index contributed by atoms with van der Waals surface area (Å²) in [4.78, 5) is 2.38. The third kappa shape index (κ3) is 5.34. The number of ether oxygens (including phenoxy) is 1. The standard InChI is InChI=1S/C13H28N2O2/c1-10(2)14-12(8-16)7-15-6-11(3)17-13(4,5)9-15/h10-12,14,16H,6-9H2,1-5H3. The highest BCUT2D eigenvalue weighted by Crippen LogP contribution is 2.20. The average Bonchev–Trinajstić information content (AvgIpc) is 2.12. The topological polar surface area (TPSA) is 44.7 Å². The van der Waals surface area contributed by atoms with Gasteiger partial charge in [-0.3, -0.25) is 4.90 Å². The van der Waals surface area contributed by atoms with E-state index in [0.29, 0.717) is 6.04 Å². The van der Waals surface area contributed by atoms with Crippen LogP contribution >= 0.6 is 0 Å². The third-order valence-electron chi connectivity index (χ3n) is 2.91. The van der Waals surface area contributed by atoms with Gasteiger partial charge in [-0.2, -0.15) is 0 Å². The predicted octanol–water partition coefficient (Wildman–Crippen LogP) is 0.845. The van der Waals surface area contributed by atoms with Crippen molar-refractivity contribution in [1.82, 2.24) is 10.2 Å². The van der Waals surface area contributed by atoms with E-state index < -0.39 is 0 Å². The van der Waals surface area contributed by atoms with Gasteiger partial charge in [-0.05, 0) is 20.8 Å². The Bertz CT molecular complexity index is 231. The number of aliphatic hydroxyl groups excluding tert-OH is 1. The van der Waals surface area contributed by atoms with Gasteiger partial charge in [0.05, 0.1) is 18.3 Å². The fourth-order valence-corrected chi connectivity index (χ4v) is 2.67. The van der Waals surface area contributed by atoms with Gasteiger partial charge in [-0.25, -0.2) is 0 Å². The first-order valence-corrected chi connectivity index (χ1v) is 6.59. The molecule has 1 saturated heterocycles. The lowest BCUT2D eigenvalue weighted by Gasteiger charge is -2.43. The molecule has 0 saturated carbocycles. The van der Waals surface area contributed by atoms with Crippen LogP contribution in [-0.2, 0) is 4.74 Å². The van der Waals surface area contributed by atoms with Crippen LogP contribution < -0.4 is 5.32 Å². The molecule has 0 aromatic carbocycles. The van der Waals surface area contributed by atoms with E-state index in [1.165, 1.54) is 0 Å². The van der Waals surface area contributed by atoms with Crippen LogP contribution in [0.1, 0.15) is 34.6 Å². The van der Waals surface area contributed by atoms with Gasteiger partial charge in [0.2, 0.25) is 0 Å².